The third-order valence-electron chi connectivity index (χ3n) is 0.623. The van der Waals surface area contributed by atoms with Gasteiger partial charge in [-0.1, -0.05) is 19.6 Å². The van der Waals surface area contributed by atoms with Crippen LogP contribution in [0.5, 0.6) is 0 Å². The quantitative estimate of drug-likeness (QED) is 0.598. The molecule has 0 fully saturated rings. The lowest BCUT2D eigenvalue weighted by molar-refractivity contribution is -0.115. The molecule has 0 heterocycles. The Kier molecular flexibility index (Phi) is 7.16. The van der Waals surface area contributed by atoms with Crippen LogP contribution in [-0.4, -0.2) is 20.4 Å². The van der Waals surface area contributed by atoms with E-state index >= 15 is 0 Å². The highest BCUT2D eigenvalue weighted by atomic mass is 28.3. The molecule has 0 aromatic heterocycles. The van der Waals surface area contributed by atoms with Gasteiger partial charge in [-0.2, -0.15) is 0 Å². The molecule has 0 saturated heterocycles. The largest absolute Gasteiger partial charge is 0.324 e. The van der Waals surface area contributed by atoms with Gasteiger partial charge in [-0.15, -0.1) is 0 Å². The summed E-state index contributed by atoms with van der Waals surface area (Å²) in [7, 11) is -1.33. The number of carbonyl (C=O) groups is 1. The maximum absolute atomic E-state index is 9.69. The molecule has 0 aromatic carbocycles. The highest BCUT2D eigenvalue weighted by Crippen LogP contribution is 1.94. The minimum atomic E-state index is -1.33. The average molecular weight is 172 g/mol. The highest BCUT2D eigenvalue weighted by Gasteiger charge is 2.09. The lowest BCUT2D eigenvalue weighted by Crippen LogP contribution is -2.15. The average Bonchev–Trinajstić information content (AvgIpc) is 1.88. The van der Waals surface area contributed by atoms with Crippen LogP contribution >= 0.6 is 0 Å². The van der Waals surface area contributed by atoms with Crippen LogP contribution in [0.3, 0.4) is 0 Å². The van der Waals surface area contributed by atoms with Gasteiger partial charge in [0.05, 0.1) is 6.54 Å². The van der Waals surface area contributed by atoms with E-state index in [-0.39, 0.29) is 12.3 Å². The van der Waals surface area contributed by atoms with Crippen LogP contribution in [0.15, 0.2) is 0 Å². The van der Waals surface area contributed by atoms with Crippen molar-refractivity contribution >= 4 is 13.9 Å². The smallest absolute Gasteiger partial charge is 0.164 e. The number of hydrogen-bond donors (Lipinski definition) is 1. The number of hydrogen-bond acceptors (Lipinski definition) is 3. The topological polar surface area (TPSA) is 66.9 Å². The maximum Gasteiger partial charge on any atom is 0.164 e. The summed E-state index contributed by atoms with van der Waals surface area (Å²) in [4.78, 5) is 9.69. The lowest BCUT2D eigenvalue weighted by atomic mass is 10.5. The van der Waals surface area contributed by atoms with Crippen molar-refractivity contribution in [1.82, 2.24) is 0 Å². The first kappa shape index (κ1) is 13.0. The molecule has 0 spiro atoms. The van der Waals surface area contributed by atoms with Crippen molar-refractivity contribution in [2.75, 3.05) is 6.54 Å². The Morgan fingerprint density at radius 2 is 1.73 bits per heavy atom. The molecule has 0 amide bonds. The third kappa shape index (κ3) is 26.7. The molecule has 4 heteroatoms. The summed E-state index contributed by atoms with van der Waals surface area (Å²) in [6, 6.07) is 0. The van der Waals surface area contributed by atoms with Gasteiger partial charge in [0.1, 0.15) is 5.78 Å². The summed E-state index contributed by atoms with van der Waals surface area (Å²) in [6.45, 7) is 7.69. The van der Waals surface area contributed by atoms with E-state index in [9.17, 15) is 4.79 Å². The first-order valence-electron chi connectivity index (χ1n) is 3.44. The van der Waals surface area contributed by atoms with Crippen molar-refractivity contribution in [2.24, 2.45) is 5.73 Å². The molecular formula is C7H16N2OSi. The number of nitrogens with two attached hydrogens (primary N) is 1. The van der Waals surface area contributed by atoms with Gasteiger partial charge in [-0.05, 0) is 6.92 Å². The number of rotatable bonds is 1. The van der Waals surface area contributed by atoms with Gasteiger partial charge in [0.25, 0.3) is 0 Å². The number of carbonyl (C=O) groups excluding carboxylic acids is 1. The minimum absolute atomic E-state index is 0.0324. The van der Waals surface area contributed by atoms with Crippen molar-refractivity contribution in [1.29, 1.82) is 5.26 Å². The van der Waals surface area contributed by atoms with Crippen LogP contribution in [-0.2, 0) is 4.79 Å². The van der Waals surface area contributed by atoms with Gasteiger partial charge in [0.2, 0.25) is 0 Å². The number of nitrogens with zero attached hydrogens (tertiary/aromatic N) is 1. The molecule has 0 unspecified atom stereocenters. The fourth-order valence-electron chi connectivity index (χ4n) is 0. The lowest BCUT2D eigenvalue weighted by Gasteiger charge is -1.96. The van der Waals surface area contributed by atoms with E-state index < -0.39 is 8.07 Å². The summed E-state index contributed by atoms with van der Waals surface area (Å²) in [6.07, 6.45) is 0. The standard InChI is InChI=1S/C4H9NSi.C3H7NO/c1-6(2,3)4-5;1-3(5)2-4/h1-3H3;2,4H2,1H3. The monoisotopic (exact) mass is 172 g/mol. The molecule has 0 saturated carbocycles. The minimum Gasteiger partial charge on any atom is -0.324 e. The number of nitriles is 1. The molecule has 2 N–H and O–H groups in total. The van der Waals surface area contributed by atoms with Crippen LogP contribution in [0.4, 0.5) is 0 Å². The Hall–Kier alpha value is -0.663. The fraction of sp³-hybridized carbons (Fsp3) is 0.714. The molecule has 11 heavy (non-hydrogen) atoms. The van der Waals surface area contributed by atoms with E-state index in [4.69, 9.17) is 11.0 Å². The van der Waals surface area contributed by atoms with E-state index in [1.54, 1.807) is 0 Å². The SMILES string of the molecule is CC(=O)CN.C[Si](C)(C)C#N. The van der Waals surface area contributed by atoms with Crippen LogP contribution in [0.1, 0.15) is 6.92 Å². The zero-order valence-corrected chi connectivity index (χ0v) is 8.64. The van der Waals surface area contributed by atoms with Crippen molar-refractivity contribution < 1.29 is 4.79 Å². The predicted octanol–water partition coefficient (Wildman–Crippen LogP) is 0.921. The molecule has 64 valence electrons. The zero-order chi connectivity index (χ0) is 9.49. The Morgan fingerprint density at radius 1 is 1.55 bits per heavy atom. The molecule has 0 atom stereocenters. The van der Waals surface area contributed by atoms with E-state index in [2.05, 4.69) is 5.69 Å². The Bertz CT molecular complexity index is 155. The molecule has 0 aliphatic heterocycles. The molecule has 3 nitrogen and oxygen atoms in total. The molecule has 0 rings (SSSR count). The Balaban J connectivity index is 0. The van der Waals surface area contributed by atoms with Gasteiger partial charge in [-0.25, -0.2) is 5.26 Å². The summed E-state index contributed by atoms with van der Waals surface area (Å²) in [5, 5.41) is 8.21. The molecule has 0 aromatic rings. The first-order chi connectivity index (χ1) is 4.83. The van der Waals surface area contributed by atoms with E-state index in [0.29, 0.717) is 0 Å². The van der Waals surface area contributed by atoms with Crippen LogP contribution in [0.25, 0.3) is 0 Å². The van der Waals surface area contributed by atoms with Crippen molar-refractivity contribution in [2.45, 2.75) is 26.6 Å². The number of ketones is 1. The van der Waals surface area contributed by atoms with Crippen molar-refractivity contribution in [3.8, 4) is 5.69 Å². The van der Waals surface area contributed by atoms with Crippen molar-refractivity contribution in [3.63, 3.8) is 0 Å². The van der Waals surface area contributed by atoms with Gasteiger partial charge >= 0.3 is 0 Å². The summed E-state index contributed by atoms with van der Waals surface area (Å²) < 4.78 is 0. The zero-order valence-electron chi connectivity index (χ0n) is 7.64. The number of Topliss-reactive ketones (excluding diaryl/α,β-unsaturated/α-hetero) is 1. The van der Waals surface area contributed by atoms with Crippen LogP contribution in [0, 0.1) is 11.0 Å². The maximum atomic E-state index is 9.69. The van der Waals surface area contributed by atoms with E-state index in [1.165, 1.54) is 6.92 Å². The second-order valence-corrected chi connectivity index (χ2v) is 7.99. The fourth-order valence-corrected chi connectivity index (χ4v) is 0. The molecular weight excluding hydrogens is 156 g/mol. The Morgan fingerprint density at radius 3 is 1.73 bits per heavy atom. The van der Waals surface area contributed by atoms with Gasteiger partial charge < -0.3 is 5.73 Å². The van der Waals surface area contributed by atoms with Crippen molar-refractivity contribution in [3.05, 3.63) is 0 Å². The van der Waals surface area contributed by atoms with E-state index in [0.717, 1.165) is 0 Å². The van der Waals surface area contributed by atoms with Gasteiger partial charge in [0.15, 0.2) is 8.07 Å². The molecule has 0 aliphatic rings. The van der Waals surface area contributed by atoms with E-state index in [1.807, 2.05) is 19.6 Å². The van der Waals surface area contributed by atoms with Crippen LogP contribution < -0.4 is 5.73 Å². The summed E-state index contributed by atoms with van der Waals surface area (Å²) >= 11 is 0. The summed E-state index contributed by atoms with van der Waals surface area (Å²) in [5.41, 5.74) is 7.06. The first-order valence-corrected chi connectivity index (χ1v) is 6.94. The second-order valence-electron chi connectivity index (χ2n) is 3.27. The van der Waals surface area contributed by atoms with Crippen LogP contribution in [0.2, 0.25) is 19.6 Å². The second kappa shape index (κ2) is 6.07. The molecule has 0 aliphatic carbocycles. The molecule has 0 bridgehead atoms. The Labute approximate surface area is 69.2 Å². The van der Waals surface area contributed by atoms with Gasteiger partial charge in [-0.3, -0.25) is 4.79 Å². The normalized spacial score (nSPS) is 9.09. The molecule has 0 radical (unpaired) electrons. The predicted molar refractivity (Wildman–Crippen MR) is 48.7 cm³/mol. The van der Waals surface area contributed by atoms with Gasteiger partial charge in [0, 0.05) is 5.69 Å². The third-order valence-corrected chi connectivity index (χ3v) is 1.29. The summed E-state index contributed by atoms with van der Waals surface area (Å²) in [5.74, 6) is 0.0324. The highest BCUT2D eigenvalue weighted by molar-refractivity contribution is 6.83.